The maximum absolute atomic E-state index is 13.8. The van der Waals surface area contributed by atoms with Crippen LogP contribution in [0.5, 0.6) is 0 Å². The van der Waals surface area contributed by atoms with Gasteiger partial charge in [0.1, 0.15) is 11.6 Å². The van der Waals surface area contributed by atoms with E-state index in [9.17, 15) is 37.1 Å². The first-order valence-corrected chi connectivity index (χ1v) is 9.63. The number of nitrogens with zero attached hydrogens (tertiary/aromatic N) is 1. The van der Waals surface area contributed by atoms with E-state index in [2.05, 4.69) is 5.32 Å². The molecule has 2 aromatic rings. The molecule has 0 amide bonds. The van der Waals surface area contributed by atoms with Crippen LogP contribution in [-0.4, -0.2) is 17.1 Å². The van der Waals surface area contributed by atoms with Gasteiger partial charge in [-0.25, -0.2) is 8.78 Å². The Labute approximate surface area is 181 Å². The standard InChI is InChI=1S/C23H19F5N2O2/c1-12-22(2,21(31)32)20(16-8-7-15(25)10-18(16)23(26,27)28)17(11-29)19(30-12)9-13-3-5-14(24)6-4-13/h3-8,10,12,20,30H,9H2,1-2H3,(H,31,32). The molecule has 0 spiro atoms. The highest BCUT2D eigenvalue weighted by Crippen LogP contribution is 2.51. The molecule has 168 valence electrons. The molecule has 0 saturated heterocycles. The zero-order valence-electron chi connectivity index (χ0n) is 17.1. The number of nitrogens with one attached hydrogen (secondary N) is 1. The molecule has 3 unspecified atom stereocenters. The van der Waals surface area contributed by atoms with Crippen LogP contribution in [0.1, 0.15) is 36.5 Å². The molecule has 2 aromatic carbocycles. The summed E-state index contributed by atoms with van der Waals surface area (Å²) in [5.74, 6) is -4.53. The van der Waals surface area contributed by atoms with Gasteiger partial charge in [0.15, 0.2) is 0 Å². The van der Waals surface area contributed by atoms with E-state index in [1.165, 1.54) is 38.1 Å². The van der Waals surface area contributed by atoms with Gasteiger partial charge < -0.3 is 10.4 Å². The molecule has 1 aliphatic heterocycles. The van der Waals surface area contributed by atoms with Gasteiger partial charge in [0.25, 0.3) is 0 Å². The van der Waals surface area contributed by atoms with Crippen LogP contribution in [0.2, 0.25) is 0 Å². The molecule has 0 aliphatic carbocycles. The topological polar surface area (TPSA) is 73.1 Å². The largest absolute Gasteiger partial charge is 0.481 e. The molecule has 9 heteroatoms. The Hall–Kier alpha value is -3.41. The zero-order valence-corrected chi connectivity index (χ0v) is 17.1. The van der Waals surface area contributed by atoms with E-state index < -0.39 is 52.3 Å². The van der Waals surface area contributed by atoms with E-state index in [1.807, 2.05) is 6.07 Å². The van der Waals surface area contributed by atoms with E-state index >= 15 is 0 Å². The lowest BCUT2D eigenvalue weighted by atomic mass is 9.62. The zero-order chi connectivity index (χ0) is 23.8. The molecule has 0 radical (unpaired) electrons. The van der Waals surface area contributed by atoms with E-state index in [1.54, 1.807) is 0 Å². The van der Waals surface area contributed by atoms with Gasteiger partial charge in [-0.3, -0.25) is 4.79 Å². The first-order chi connectivity index (χ1) is 14.9. The number of alkyl halides is 3. The van der Waals surface area contributed by atoms with Crippen molar-refractivity contribution in [1.82, 2.24) is 5.32 Å². The highest BCUT2D eigenvalue weighted by molar-refractivity contribution is 5.79. The Morgan fingerprint density at radius 2 is 1.75 bits per heavy atom. The van der Waals surface area contributed by atoms with Gasteiger partial charge in [-0.2, -0.15) is 18.4 Å². The van der Waals surface area contributed by atoms with Crippen molar-refractivity contribution >= 4 is 5.97 Å². The molecule has 1 aliphatic rings. The van der Waals surface area contributed by atoms with E-state index in [0.717, 1.165) is 12.1 Å². The fraction of sp³-hybridized carbons (Fsp3) is 0.304. The molecule has 1 heterocycles. The third-order valence-corrected chi connectivity index (χ3v) is 6.01. The number of hydrogen-bond donors (Lipinski definition) is 2. The van der Waals surface area contributed by atoms with E-state index in [0.29, 0.717) is 11.6 Å². The summed E-state index contributed by atoms with van der Waals surface area (Å²) in [5, 5.41) is 22.9. The number of aliphatic carboxylic acids is 1. The number of nitriles is 1. The molecular formula is C23H19F5N2O2. The number of rotatable bonds is 4. The first kappa shape index (κ1) is 23.3. The fourth-order valence-electron chi connectivity index (χ4n) is 4.11. The molecule has 3 atom stereocenters. The number of hydrogen-bond acceptors (Lipinski definition) is 3. The number of carboxylic acid groups (broad SMARTS) is 1. The van der Waals surface area contributed by atoms with E-state index in [4.69, 9.17) is 0 Å². The molecule has 0 fully saturated rings. The summed E-state index contributed by atoms with van der Waals surface area (Å²) < 4.78 is 68.3. The average molecular weight is 450 g/mol. The van der Waals surface area contributed by atoms with Crippen LogP contribution in [-0.2, 0) is 17.4 Å². The van der Waals surface area contributed by atoms with E-state index in [-0.39, 0.29) is 17.7 Å². The predicted octanol–water partition coefficient (Wildman–Crippen LogP) is 5.17. The lowest BCUT2D eigenvalue weighted by Crippen LogP contribution is -2.54. The Bertz CT molecular complexity index is 1120. The van der Waals surface area contributed by atoms with Crippen molar-refractivity contribution in [3.8, 4) is 6.07 Å². The molecule has 4 nitrogen and oxygen atoms in total. The Morgan fingerprint density at radius 1 is 1.16 bits per heavy atom. The number of benzene rings is 2. The Balaban J connectivity index is 2.28. The third kappa shape index (κ3) is 4.05. The first-order valence-electron chi connectivity index (χ1n) is 9.63. The smallest absolute Gasteiger partial charge is 0.416 e. The number of allylic oxidation sites excluding steroid dienone is 2. The SMILES string of the molecule is CC1NC(Cc2ccc(F)cc2)=C(C#N)C(c2ccc(F)cc2C(F)(F)F)C1(C)C(=O)O. The molecule has 0 bridgehead atoms. The fourth-order valence-corrected chi connectivity index (χ4v) is 4.11. The molecule has 0 saturated carbocycles. The predicted molar refractivity (Wildman–Crippen MR) is 105 cm³/mol. The lowest BCUT2D eigenvalue weighted by molar-refractivity contribution is -0.152. The summed E-state index contributed by atoms with van der Waals surface area (Å²) in [7, 11) is 0. The Morgan fingerprint density at radius 3 is 2.28 bits per heavy atom. The van der Waals surface area contributed by atoms with Crippen LogP contribution in [0.4, 0.5) is 22.0 Å². The second-order valence-electron chi connectivity index (χ2n) is 7.92. The van der Waals surface area contributed by atoms with Crippen LogP contribution >= 0.6 is 0 Å². The second-order valence-corrected chi connectivity index (χ2v) is 7.92. The summed E-state index contributed by atoms with van der Waals surface area (Å²) in [6.45, 7) is 2.75. The van der Waals surface area contributed by atoms with Crippen molar-refractivity contribution in [2.75, 3.05) is 0 Å². The number of halogens is 5. The summed E-state index contributed by atoms with van der Waals surface area (Å²) in [6, 6.07) is 8.32. The highest BCUT2D eigenvalue weighted by atomic mass is 19.4. The minimum Gasteiger partial charge on any atom is -0.481 e. The van der Waals surface area contributed by atoms with Crippen molar-refractivity contribution in [3.05, 3.63) is 82.1 Å². The molecular weight excluding hydrogens is 431 g/mol. The van der Waals surface area contributed by atoms with Crippen LogP contribution in [0.25, 0.3) is 0 Å². The van der Waals surface area contributed by atoms with Gasteiger partial charge >= 0.3 is 12.1 Å². The second kappa shape index (κ2) is 8.26. The van der Waals surface area contributed by atoms with Crippen LogP contribution in [0, 0.1) is 28.4 Å². The molecule has 2 N–H and O–H groups in total. The third-order valence-electron chi connectivity index (χ3n) is 6.01. The van der Waals surface area contributed by atoms with Crippen molar-refractivity contribution < 1.29 is 31.9 Å². The lowest BCUT2D eigenvalue weighted by Gasteiger charge is -2.45. The van der Waals surface area contributed by atoms with Crippen LogP contribution in [0.15, 0.2) is 53.7 Å². The minimum atomic E-state index is -4.97. The molecule has 3 rings (SSSR count). The van der Waals surface area contributed by atoms with Gasteiger partial charge in [-0.15, -0.1) is 0 Å². The maximum atomic E-state index is 13.8. The van der Waals surface area contributed by atoms with Crippen molar-refractivity contribution in [1.29, 1.82) is 5.26 Å². The monoisotopic (exact) mass is 450 g/mol. The summed E-state index contributed by atoms with van der Waals surface area (Å²) in [5.41, 5.74) is -3.08. The molecule has 32 heavy (non-hydrogen) atoms. The minimum absolute atomic E-state index is 0.0439. The van der Waals surface area contributed by atoms with Gasteiger partial charge in [-0.1, -0.05) is 18.2 Å². The highest BCUT2D eigenvalue weighted by Gasteiger charge is 2.54. The maximum Gasteiger partial charge on any atom is 0.416 e. The number of carboxylic acids is 1. The van der Waals surface area contributed by atoms with Crippen LogP contribution < -0.4 is 5.32 Å². The number of carbonyl (C=O) groups is 1. The summed E-state index contributed by atoms with van der Waals surface area (Å²) >= 11 is 0. The Kier molecular flexibility index (Phi) is 6.00. The van der Waals surface area contributed by atoms with Crippen LogP contribution in [0.3, 0.4) is 0 Å². The van der Waals surface area contributed by atoms with Gasteiger partial charge in [0, 0.05) is 24.1 Å². The van der Waals surface area contributed by atoms with Crippen molar-refractivity contribution in [3.63, 3.8) is 0 Å². The van der Waals surface area contributed by atoms with Crippen molar-refractivity contribution in [2.24, 2.45) is 5.41 Å². The normalized spacial score (nSPS) is 23.4. The molecule has 0 aromatic heterocycles. The summed E-state index contributed by atoms with van der Waals surface area (Å²) in [6.07, 6.45) is -4.93. The quantitative estimate of drug-likeness (QED) is 0.631. The van der Waals surface area contributed by atoms with Crippen molar-refractivity contribution in [2.45, 2.75) is 38.4 Å². The van der Waals surface area contributed by atoms with Gasteiger partial charge in [0.2, 0.25) is 0 Å². The van der Waals surface area contributed by atoms with Gasteiger partial charge in [-0.05, 0) is 49.2 Å². The summed E-state index contributed by atoms with van der Waals surface area (Å²) in [4.78, 5) is 12.3. The average Bonchev–Trinajstić information content (AvgIpc) is 2.71. The van der Waals surface area contributed by atoms with Gasteiger partial charge in [0.05, 0.1) is 22.6 Å².